The second-order valence-corrected chi connectivity index (χ2v) is 6.11. The second-order valence-electron chi connectivity index (χ2n) is 6.11. The Kier molecular flexibility index (Phi) is 4.15. The van der Waals surface area contributed by atoms with Crippen molar-refractivity contribution in [2.75, 3.05) is 7.11 Å². The highest BCUT2D eigenvalue weighted by atomic mass is 16.5. The fourth-order valence-corrected chi connectivity index (χ4v) is 3.55. The first kappa shape index (κ1) is 14.7. The Morgan fingerprint density at radius 1 is 1.05 bits per heavy atom. The summed E-state index contributed by atoms with van der Waals surface area (Å²) in [4.78, 5) is 0. The van der Waals surface area contributed by atoms with E-state index in [0.717, 1.165) is 37.0 Å². The monoisotopic (exact) mass is 291 g/mol. The summed E-state index contributed by atoms with van der Waals surface area (Å²) in [7, 11) is 1.67. The zero-order valence-electron chi connectivity index (χ0n) is 13.0. The van der Waals surface area contributed by atoms with Crippen LogP contribution in [-0.2, 0) is 5.41 Å². The molecule has 2 heteroatoms. The number of rotatable bonds is 3. The van der Waals surface area contributed by atoms with Gasteiger partial charge in [0.15, 0.2) is 0 Å². The number of benzene rings is 2. The van der Waals surface area contributed by atoms with Gasteiger partial charge in [-0.3, -0.25) is 0 Å². The van der Waals surface area contributed by atoms with Crippen molar-refractivity contribution in [2.24, 2.45) is 0 Å². The molecule has 0 radical (unpaired) electrons. The van der Waals surface area contributed by atoms with Crippen molar-refractivity contribution in [3.8, 4) is 11.8 Å². The van der Waals surface area contributed by atoms with Gasteiger partial charge >= 0.3 is 0 Å². The van der Waals surface area contributed by atoms with Crippen LogP contribution < -0.4 is 4.74 Å². The summed E-state index contributed by atoms with van der Waals surface area (Å²) in [6, 6.07) is 21.3. The number of nitrogens with zero attached hydrogens (tertiary/aromatic N) is 1. The summed E-state index contributed by atoms with van der Waals surface area (Å²) in [5, 5.41) is 9.82. The summed E-state index contributed by atoms with van der Waals surface area (Å²) >= 11 is 0. The third-order valence-corrected chi connectivity index (χ3v) is 4.95. The largest absolute Gasteiger partial charge is 0.497 e. The number of ether oxygens (including phenoxy) is 1. The third-order valence-electron chi connectivity index (χ3n) is 4.95. The summed E-state index contributed by atoms with van der Waals surface area (Å²) in [6.45, 7) is 0. The predicted octanol–water partition coefficient (Wildman–Crippen LogP) is 4.81. The molecule has 2 nitrogen and oxygen atoms in total. The van der Waals surface area contributed by atoms with Crippen LogP contribution in [0.25, 0.3) is 0 Å². The molecular weight excluding hydrogens is 270 g/mol. The highest BCUT2D eigenvalue weighted by Crippen LogP contribution is 2.45. The van der Waals surface area contributed by atoms with E-state index in [-0.39, 0.29) is 5.41 Å². The Morgan fingerprint density at radius 3 is 2.41 bits per heavy atom. The van der Waals surface area contributed by atoms with Gasteiger partial charge in [-0.15, -0.1) is 0 Å². The number of hydrogen-bond donors (Lipinski definition) is 0. The molecule has 0 unspecified atom stereocenters. The van der Waals surface area contributed by atoms with E-state index in [2.05, 4.69) is 42.5 Å². The predicted molar refractivity (Wildman–Crippen MR) is 87.9 cm³/mol. The van der Waals surface area contributed by atoms with Gasteiger partial charge in [-0.1, -0.05) is 42.5 Å². The van der Waals surface area contributed by atoms with Crippen LogP contribution in [0, 0.1) is 11.3 Å². The van der Waals surface area contributed by atoms with E-state index in [0.29, 0.717) is 5.92 Å². The minimum Gasteiger partial charge on any atom is -0.497 e. The van der Waals surface area contributed by atoms with Crippen LogP contribution in [0.4, 0.5) is 0 Å². The van der Waals surface area contributed by atoms with Gasteiger partial charge in [0.25, 0.3) is 0 Å². The lowest BCUT2D eigenvalue weighted by Crippen LogP contribution is -2.29. The molecule has 1 fully saturated rings. The molecule has 1 aliphatic carbocycles. The molecule has 0 N–H and O–H groups in total. The Morgan fingerprint density at radius 2 is 1.77 bits per heavy atom. The molecule has 2 aromatic carbocycles. The van der Waals surface area contributed by atoms with Crippen molar-refractivity contribution >= 4 is 0 Å². The molecule has 0 heterocycles. The van der Waals surface area contributed by atoms with E-state index in [4.69, 9.17) is 4.74 Å². The molecule has 1 aliphatic rings. The van der Waals surface area contributed by atoms with Gasteiger partial charge in [-0.05, 0) is 54.9 Å². The van der Waals surface area contributed by atoms with Gasteiger partial charge in [0.05, 0.1) is 18.6 Å². The van der Waals surface area contributed by atoms with E-state index in [1.54, 1.807) is 7.11 Å². The Balaban J connectivity index is 1.81. The van der Waals surface area contributed by atoms with E-state index in [1.165, 1.54) is 5.56 Å². The van der Waals surface area contributed by atoms with E-state index in [9.17, 15) is 5.26 Å². The average Bonchev–Trinajstić information content (AvgIpc) is 2.62. The Hall–Kier alpha value is -2.27. The lowest BCUT2D eigenvalue weighted by Gasteiger charge is -2.35. The van der Waals surface area contributed by atoms with Crippen LogP contribution in [0.3, 0.4) is 0 Å². The van der Waals surface area contributed by atoms with Crippen LogP contribution in [-0.4, -0.2) is 7.11 Å². The Labute approximate surface area is 132 Å². The lowest BCUT2D eigenvalue weighted by molar-refractivity contribution is 0.330. The van der Waals surface area contributed by atoms with Gasteiger partial charge < -0.3 is 4.74 Å². The summed E-state index contributed by atoms with van der Waals surface area (Å²) < 4.78 is 5.32. The smallest absolute Gasteiger partial charge is 0.119 e. The van der Waals surface area contributed by atoms with Crippen molar-refractivity contribution in [1.29, 1.82) is 5.26 Å². The average molecular weight is 291 g/mol. The molecule has 0 bridgehead atoms. The maximum absolute atomic E-state index is 9.82. The van der Waals surface area contributed by atoms with Crippen LogP contribution >= 0.6 is 0 Å². The van der Waals surface area contributed by atoms with Crippen molar-refractivity contribution in [3.05, 3.63) is 65.7 Å². The second kappa shape index (κ2) is 6.23. The molecule has 0 spiro atoms. The van der Waals surface area contributed by atoms with E-state index < -0.39 is 0 Å². The minimum atomic E-state index is -0.361. The number of nitriles is 1. The molecule has 112 valence electrons. The highest BCUT2D eigenvalue weighted by molar-refractivity contribution is 5.39. The van der Waals surface area contributed by atoms with Gasteiger partial charge in [0, 0.05) is 0 Å². The fraction of sp³-hybridized carbons (Fsp3) is 0.350. The van der Waals surface area contributed by atoms with Crippen LogP contribution in [0.1, 0.15) is 42.7 Å². The minimum absolute atomic E-state index is 0.361. The van der Waals surface area contributed by atoms with Crippen molar-refractivity contribution in [3.63, 3.8) is 0 Å². The number of methoxy groups -OCH3 is 1. The molecule has 22 heavy (non-hydrogen) atoms. The molecule has 2 aromatic rings. The first-order valence-corrected chi connectivity index (χ1v) is 7.88. The molecule has 0 amide bonds. The summed E-state index contributed by atoms with van der Waals surface area (Å²) in [5.74, 6) is 1.41. The van der Waals surface area contributed by atoms with Crippen molar-refractivity contribution in [1.82, 2.24) is 0 Å². The molecule has 0 saturated heterocycles. The maximum atomic E-state index is 9.82. The van der Waals surface area contributed by atoms with Gasteiger partial charge in [0.1, 0.15) is 5.75 Å². The van der Waals surface area contributed by atoms with Crippen LogP contribution in [0.5, 0.6) is 5.75 Å². The van der Waals surface area contributed by atoms with Gasteiger partial charge in [-0.25, -0.2) is 0 Å². The zero-order chi connectivity index (χ0) is 15.4. The van der Waals surface area contributed by atoms with Crippen molar-refractivity contribution in [2.45, 2.75) is 37.0 Å². The molecule has 0 aromatic heterocycles. The SMILES string of the molecule is COc1cccc(C2(C#N)CCC(c3ccccc3)CC2)c1. The van der Waals surface area contributed by atoms with E-state index in [1.807, 2.05) is 18.2 Å². The van der Waals surface area contributed by atoms with Gasteiger partial charge in [0.2, 0.25) is 0 Å². The first-order chi connectivity index (χ1) is 10.8. The third kappa shape index (κ3) is 2.72. The molecule has 0 aliphatic heterocycles. The normalized spacial score (nSPS) is 24.5. The number of hydrogen-bond acceptors (Lipinski definition) is 2. The maximum Gasteiger partial charge on any atom is 0.119 e. The fourth-order valence-electron chi connectivity index (χ4n) is 3.55. The van der Waals surface area contributed by atoms with Gasteiger partial charge in [-0.2, -0.15) is 5.26 Å². The van der Waals surface area contributed by atoms with E-state index >= 15 is 0 Å². The van der Waals surface area contributed by atoms with Crippen molar-refractivity contribution < 1.29 is 4.74 Å². The summed E-state index contributed by atoms with van der Waals surface area (Å²) in [6.07, 6.45) is 3.95. The topological polar surface area (TPSA) is 33.0 Å². The zero-order valence-corrected chi connectivity index (χ0v) is 13.0. The molecule has 3 rings (SSSR count). The van der Waals surface area contributed by atoms with Crippen LogP contribution in [0.15, 0.2) is 54.6 Å². The first-order valence-electron chi connectivity index (χ1n) is 7.88. The molecule has 0 atom stereocenters. The molecule has 1 saturated carbocycles. The standard InChI is InChI=1S/C20H21NO/c1-22-19-9-5-8-18(14-19)20(15-21)12-10-17(11-13-20)16-6-3-2-4-7-16/h2-9,14,17H,10-13H2,1H3. The van der Waals surface area contributed by atoms with Crippen LogP contribution in [0.2, 0.25) is 0 Å². The quantitative estimate of drug-likeness (QED) is 0.812. The summed E-state index contributed by atoms with van der Waals surface area (Å²) in [5.41, 5.74) is 2.14. The molecular formula is C20H21NO. The lowest BCUT2D eigenvalue weighted by atomic mass is 9.66. The highest BCUT2D eigenvalue weighted by Gasteiger charge is 2.37. The Bertz CT molecular complexity index is 664.